The Labute approximate surface area is 127 Å². The highest BCUT2D eigenvalue weighted by atomic mass is 16.4. The van der Waals surface area contributed by atoms with Crippen molar-refractivity contribution in [1.29, 1.82) is 0 Å². The van der Waals surface area contributed by atoms with Crippen molar-refractivity contribution in [3.8, 4) is 0 Å². The molecule has 0 aromatic rings. The first-order valence-electron chi connectivity index (χ1n) is 7.70. The van der Waals surface area contributed by atoms with E-state index in [0.717, 1.165) is 19.5 Å². The van der Waals surface area contributed by atoms with Gasteiger partial charge in [0.15, 0.2) is 0 Å². The van der Waals surface area contributed by atoms with E-state index in [1.807, 2.05) is 13.8 Å². The Bertz CT molecular complexity index is 371. The molecule has 21 heavy (non-hydrogen) atoms. The zero-order chi connectivity index (χ0) is 16.2. The number of amides is 2. The summed E-state index contributed by atoms with van der Waals surface area (Å²) in [5.74, 6) is -1.05. The summed E-state index contributed by atoms with van der Waals surface area (Å²) in [7, 11) is 0. The summed E-state index contributed by atoms with van der Waals surface area (Å²) in [6.45, 7) is 13.2. The van der Waals surface area contributed by atoms with Crippen LogP contribution in [-0.2, 0) is 4.79 Å². The van der Waals surface area contributed by atoms with E-state index in [9.17, 15) is 14.7 Å². The molecule has 6 nitrogen and oxygen atoms in total. The summed E-state index contributed by atoms with van der Waals surface area (Å²) in [6, 6.07) is -1.08. The Balaban J connectivity index is 2.55. The minimum absolute atomic E-state index is 0.0812. The van der Waals surface area contributed by atoms with Crippen molar-refractivity contribution >= 4 is 12.0 Å². The summed E-state index contributed by atoms with van der Waals surface area (Å²) < 4.78 is 0. The van der Waals surface area contributed by atoms with Crippen molar-refractivity contribution < 1.29 is 14.7 Å². The quantitative estimate of drug-likeness (QED) is 0.827. The lowest BCUT2D eigenvalue weighted by molar-refractivity contribution is -0.140. The molecule has 0 spiro atoms. The van der Waals surface area contributed by atoms with E-state index in [2.05, 4.69) is 31.0 Å². The summed E-state index contributed by atoms with van der Waals surface area (Å²) in [6.07, 6.45) is 0.717. The highest BCUT2D eigenvalue weighted by molar-refractivity contribution is 5.82. The van der Waals surface area contributed by atoms with Crippen molar-refractivity contribution in [2.75, 3.05) is 26.2 Å². The molecule has 1 fully saturated rings. The van der Waals surface area contributed by atoms with Crippen molar-refractivity contribution in [2.24, 2.45) is 5.92 Å². The number of carboxylic acids is 1. The van der Waals surface area contributed by atoms with Gasteiger partial charge < -0.3 is 15.3 Å². The summed E-state index contributed by atoms with van der Waals surface area (Å²) in [4.78, 5) is 27.5. The van der Waals surface area contributed by atoms with E-state index >= 15 is 0 Å². The van der Waals surface area contributed by atoms with E-state index in [4.69, 9.17) is 0 Å². The van der Waals surface area contributed by atoms with Gasteiger partial charge in [0.2, 0.25) is 0 Å². The number of carboxylic acid groups (broad SMARTS) is 1. The fourth-order valence-corrected chi connectivity index (χ4v) is 2.49. The summed E-state index contributed by atoms with van der Waals surface area (Å²) in [5.41, 5.74) is 0.100. The Kier molecular flexibility index (Phi) is 6.01. The molecule has 1 aliphatic heterocycles. The third-order valence-electron chi connectivity index (χ3n) is 4.27. The average molecular weight is 299 g/mol. The molecule has 0 bridgehead atoms. The minimum Gasteiger partial charge on any atom is -0.480 e. The Hall–Kier alpha value is -1.30. The molecule has 6 heteroatoms. The number of hydrogen-bond donors (Lipinski definition) is 2. The number of aliphatic carboxylic acids is 1. The lowest BCUT2D eigenvalue weighted by Gasteiger charge is -2.42. The highest BCUT2D eigenvalue weighted by Crippen LogP contribution is 2.16. The molecule has 2 N–H and O–H groups in total. The predicted octanol–water partition coefficient (Wildman–Crippen LogP) is 1.61. The first kappa shape index (κ1) is 17.8. The standard InChI is InChI=1S/C15H29N3O3/c1-6-11(2)12(13(19)20)16-14(21)17-7-9-18(10-8-17)15(3,4)5/h11-12H,6-10H2,1-5H3,(H,16,21)(H,19,20)/t11-,12-/m0/s1. The molecule has 0 unspecified atom stereocenters. The number of nitrogens with one attached hydrogen (secondary N) is 1. The number of urea groups is 1. The largest absolute Gasteiger partial charge is 0.480 e. The number of rotatable bonds is 4. The van der Waals surface area contributed by atoms with Gasteiger partial charge in [0.25, 0.3) is 0 Å². The van der Waals surface area contributed by atoms with Gasteiger partial charge in [0.1, 0.15) is 6.04 Å². The number of carbonyl (C=O) groups is 2. The molecule has 122 valence electrons. The molecule has 0 aliphatic carbocycles. The van der Waals surface area contributed by atoms with Crippen molar-refractivity contribution in [1.82, 2.24) is 15.1 Å². The fraction of sp³-hybridized carbons (Fsp3) is 0.867. The third kappa shape index (κ3) is 4.88. The maximum atomic E-state index is 12.2. The lowest BCUT2D eigenvalue weighted by atomic mass is 9.99. The maximum absolute atomic E-state index is 12.2. The van der Waals surface area contributed by atoms with Crippen LogP contribution >= 0.6 is 0 Å². The second kappa shape index (κ2) is 7.11. The normalized spacial score (nSPS) is 20.0. The van der Waals surface area contributed by atoms with E-state index in [1.54, 1.807) is 4.90 Å². The van der Waals surface area contributed by atoms with Crippen LogP contribution in [0.25, 0.3) is 0 Å². The minimum atomic E-state index is -0.967. The third-order valence-corrected chi connectivity index (χ3v) is 4.27. The number of hydrogen-bond acceptors (Lipinski definition) is 3. The molecular formula is C15H29N3O3. The molecule has 0 aromatic heterocycles. The van der Waals surface area contributed by atoms with Gasteiger partial charge in [0, 0.05) is 31.7 Å². The van der Waals surface area contributed by atoms with Crippen molar-refractivity contribution in [2.45, 2.75) is 52.6 Å². The number of carbonyl (C=O) groups excluding carboxylic acids is 1. The van der Waals surface area contributed by atoms with Crippen molar-refractivity contribution in [3.63, 3.8) is 0 Å². The zero-order valence-corrected chi connectivity index (χ0v) is 13.8. The molecule has 0 saturated carbocycles. The lowest BCUT2D eigenvalue weighted by Crippen LogP contribution is -2.58. The molecule has 1 aliphatic rings. The highest BCUT2D eigenvalue weighted by Gasteiger charge is 2.31. The SMILES string of the molecule is CC[C@H](C)[C@H](NC(=O)N1CCN(C(C)(C)C)CC1)C(=O)O. The average Bonchev–Trinajstić information content (AvgIpc) is 2.42. The van der Waals surface area contributed by atoms with Crippen LogP contribution in [0.3, 0.4) is 0 Å². The monoisotopic (exact) mass is 299 g/mol. The smallest absolute Gasteiger partial charge is 0.326 e. The van der Waals surface area contributed by atoms with Crippen molar-refractivity contribution in [3.05, 3.63) is 0 Å². The van der Waals surface area contributed by atoms with Crippen LogP contribution in [0.5, 0.6) is 0 Å². The topological polar surface area (TPSA) is 72.9 Å². The Morgan fingerprint density at radius 1 is 1.19 bits per heavy atom. The number of piperazine rings is 1. The van der Waals surface area contributed by atoms with Crippen LogP contribution < -0.4 is 5.32 Å². The van der Waals surface area contributed by atoms with E-state index in [-0.39, 0.29) is 17.5 Å². The molecule has 1 rings (SSSR count). The Morgan fingerprint density at radius 3 is 2.10 bits per heavy atom. The van der Waals surface area contributed by atoms with Crippen LogP contribution in [-0.4, -0.2) is 64.7 Å². The summed E-state index contributed by atoms with van der Waals surface area (Å²) >= 11 is 0. The van der Waals surface area contributed by atoms with Crippen LogP contribution in [0.1, 0.15) is 41.0 Å². The first-order valence-corrected chi connectivity index (χ1v) is 7.70. The van der Waals surface area contributed by atoms with E-state index in [1.165, 1.54) is 0 Å². The predicted molar refractivity (Wildman–Crippen MR) is 82.3 cm³/mol. The molecule has 0 aromatic carbocycles. The van der Waals surface area contributed by atoms with Crippen LogP contribution in [0.2, 0.25) is 0 Å². The van der Waals surface area contributed by atoms with Gasteiger partial charge in [-0.05, 0) is 26.7 Å². The van der Waals surface area contributed by atoms with Crippen LogP contribution in [0, 0.1) is 5.92 Å². The molecule has 2 amide bonds. The second-order valence-corrected chi connectivity index (χ2v) is 6.80. The first-order chi connectivity index (χ1) is 9.66. The zero-order valence-electron chi connectivity index (χ0n) is 13.8. The van der Waals surface area contributed by atoms with E-state index < -0.39 is 12.0 Å². The molecule has 2 atom stereocenters. The molecular weight excluding hydrogens is 270 g/mol. The fourth-order valence-electron chi connectivity index (χ4n) is 2.49. The van der Waals surface area contributed by atoms with Gasteiger partial charge in [-0.1, -0.05) is 20.3 Å². The van der Waals surface area contributed by atoms with Gasteiger partial charge in [-0.15, -0.1) is 0 Å². The van der Waals surface area contributed by atoms with E-state index in [0.29, 0.717) is 13.1 Å². The summed E-state index contributed by atoms with van der Waals surface area (Å²) in [5, 5.41) is 11.9. The molecule has 1 saturated heterocycles. The van der Waals surface area contributed by atoms with Gasteiger partial charge in [-0.25, -0.2) is 9.59 Å². The Morgan fingerprint density at radius 2 is 1.71 bits per heavy atom. The van der Waals surface area contributed by atoms with Crippen LogP contribution in [0.4, 0.5) is 4.79 Å². The maximum Gasteiger partial charge on any atom is 0.326 e. The van der Waals surface area contributed by atoms with Gasteiger partial charge in [-0.3, -0.25) is 4.90 Å². The van der Waals surface area contributed by atoms with Gasteiger partial charge in [-0.2, -0.15) is 0 Å². The second-order valence-electron chi connectivity index (χ2n) is 6.80. The van der Waals surface area contributed by atoms with Crippen LogP contribution in [0.15, 0.2) is 0 Å². The van der Waals surface area contributed by atoms with Gasteiger partial charge >= 0.3 is 12.0 Å². The molecule has 1 heterocycles. The number of nitrogens with zero attached hydrogens (tertiary/aromatic N) is 2. The van der Waals surface area contributed by atoms with Gasteiger partial charge in [0.05, 0.1) is 0 Å². The molecule has 0 radical (unpaired) electrons.